The number of anilines is 1. The number of ether oxygens (including phenoxy) is 1. The predicted molar refractivity (Wildman–Crippen MR) is 113 cm³/mol. The zero-order valence-electron chi connectivity index (χ0n) is 16.8. The second kappa shape index (κ2) is 8.31. The Morgan fingerprint density at radius 1 is 1.23 bits per heavy atom. The topological polar surface area (TPSA) is 102 Å². The lowest BCUT2D eigenvalue weighted by Gasteiger charge is -2.12. The van der Waals surface area contributed by atoms with Gasteiger partial charge in [-0.2, -0.15) is 0 Å². The number of benzene rings is 2. The van der Waals surface area contributed by atoms with Crippen LogP contribution in [0.25, 0.3) is 0 Å². The summed E-state index contributed by atoms with van der Waals surface area (Å²) in [4.78, 5) is 23.5. The van der Waals surface area contributed by atoms with Gasteiger partial charge >= 0.3 is 0 Å². The van der Waals surface area contributed by atoms with Crippen LogP contribution in [0.2, 0.25) is 0 Å². The van der Waals surface area contributed by atoms with Crippen LogP contribution in [0.1, 0.15) is 25.8 Å². The standard InChI is InChI=1S/C22H24N2O5S/c1-4-17-13-22(17,3)21(26)24-30(27,28)20-10-8-16(9-11-20)14-29-19-7-5-6-18(12-19)23-15(2)25/h4-12,17H,1,13-14H2,2-3H3,(H,23,25)(H,24,26)/t17-,22+/m1/s1. The van der Waals surface area contributed by atoms with E-state index in [9.17, 15) is 18.0 Å². The molecule has 2 atom stereocenters. The highest BCUT2D eigenvalue weighted by atomic mass is 32.2. The first-order chi connectivity index (χ1) is 14.1. The molecule has 0 heterocycles. The van der Waals surface area contributed by atoms with Crippen LogP contribution in [-0.4, -0.2) is 20.2 Å². The zero-order chi connectivity index (χ0) is 21.9. The van der Waals surface area contributed by atoms with E-state index in [0.29, 0.717) is 17.9 Å². The highest BCUT2D eigenvalue weighted by Gasteiger charge is 2.55. The van der Waals surface area contributed by atoms with Crippen molar-refractivity contribution in [3.8, 4) is 5.75 Å². The predicted octanol–water partition coefficient (Wildman–Crippen LogP) is 3.24. The molecule has 2 N–H and O–H groups in total. The lowest BCUT2D eigenvalue weighted by atomic mass is 10.1. The van der Waals surface area contributed by atoms with E-state index in [1.165, 1.54) is 19.1 Å². The molecule has 0 radical (unpaired) electrons. The van der Waals surface area contributed by atoms with E-state index in [4.69, 9.17) is 4.74 Å². The van der Waals surface area contributed by atoms with Gasteiger partial charge in [-0.1, -0.05) is 31.2 Å². The first-order valence-corrected chi connectivity index (χ1v) is 10.9. The van der Waals surface area contributed by atoms with Gasteiger partial charge in [-0.05, 0) is 42.2 Å². The van der Waals surface area contributed by atoms with Crippen molar-refractivity contribution in [2.45, 2.75) is 31.8 Å². The molecule has 158 valence electrons. The van der Waals surface area contributed by atoms with Gasteiger partial charge in [0.15, 0.2) is 0 Å². The van der Waals surface area contributed by atoms with Gasteiger partial charge in [-0.15, -0.1) is 6.58 Å². The summed E-state index contributed by atoms with van der Waals surface area (Å²) in [7, 11) is -3.95. The lowest BCUT2D eigenvalue weighted by Crippen LogP contribution is -2.36. The number of rotatable bonds is 8. The van der Waals surface area contributed by atoms with E-state index in [1.807, 2.05) is 0 Å². The van der Waals surface area contributed by atoms with Crippen LogP contribution in [0.15, 0.2) is 66.1 Å². The number of nitrogens with one attached hydrogen (secondary N) is 2. The number of amides is 2. The maximum Gasteiger partial charge on any atom is 0.264 e. The fraction of sp³-hybridized carbons (Fsp3) is 0.273. The monoisotopic (exact) mass is 428 g/mol. The molecule has 0 aliphatic heterocycles. The van der Waals surface area contributed by atoms with E-state index >= 15 is 0 Å². The zero-order valence-corrected chi connectivity index (χ0v) is 17.7. The van der Waals surface area contributed by atoms with E-state index in [-0.39, 0.29) is 23.3 Å². The third-order valence-corrected chi connectivity index (χ3v) is 6.47. The third-order valence-electron chi connectivity index (χ3n) is 5.13. The number of carbonyl (C=O) groups is 2. The summed E-state index contributed by atoms with van der Waals surface area (Å²) >= 11 is 0. The smallest absolute Gasteiger partial charge is 0.264 e. The molecule has 8 heteroatoms. The largest absolute Gasteiger partial charge is 0.489 e. The summed E-state index contributed by atoms with van der Waals surface area (Å²) in [6.45, 7) is 7.03. The number of carbonyl (C=O) groups excluding carboxylic acids is 2. The Labute approximate surface area is 176 Å². The molecule has 2 aromatic carbocycles. The van der Waals surface area contributed by atoms with E-state index in [1.54, 1.807) is 49.4 Å². The first-order valence-electron chi connectivity index (χ1n) is 9.43. The molecular formula is C22H24N2O5S. The fourth-order valence-electron chi connectivity index (χ4n) is 3.10. The highest BCUT2D eigenvalue weighted by molar-refractivity contribution is 7.90. The minimum Gasteiger partial charge on any atom is -0.489 e. The van der Waals surface area contributed by atoms with Crippen LogP contribution < -0.4 is 14.8 Å². The molecular weight excluding hydrogens is 404 g/mol. The maximum absolute atomic E-state index is 12.5. The number of hydrogen-bond donors (Lipinski definition) is 2. The van der Waals surface area contributed by atoms with Crippen LogP contribution in [0.5, 0.6) is 5.75 Å². The SMILES string of the molecule is C=C[C@@H]1C[C@]1(C)C(=O)NS(=O)(=O)c1ccc(COc2cccc(NC(C)=O)c2)cc1. The van der Waals surface area contributed by atoms with Gasteiger partial charge in [-0.3, -0.25) is 9.59 Å². The summed E-state index contributed by atoms with van der Waals surface area (Å²) in [5.74, 6) is -0.123. The summed E-state index contributed by atoms with van der Waals surface area (Å²) < 4.78 is 32.9. The van der Waals surface area contributed by atoms with Crippen molar-refractivity contribution in [3.05, 3.63) is 66.7 Å². The molecule has 0 aromatic heterocycles. The molecule has 0 saturated heterocycles. The van der Waals surface area contributed by atoms with Gasteiger partial charge in [0.05, 0.1) is 10.3 Å². The van der Waals surface area contributed by atoms with Crippen molar-refractivity contribution in [1.82, 2.24) is 4.72 Å². The molecule has 1 saturated carbocycles. The van der Waals surface area contributed by atoms with E-state index < -0.39 is 21.3 Å². The normalized spacial score (nSPS) is 20.1. The molecule has 2 amide bonds. The maximum atomic E-state index is 12.5. The number of hydrogen-bond acceptors (Lipinski definition) is 5. The average Bonchev–Trinajstić information content (AvgIpc) is 3.38. The molecule has 0 spiro atoms. The van der Waals surface area contributed by atoms with Crippen molar-refractivity contribution >= 4 is 27.5 Å². The second-order valence-corrected chi connectivity index (χ2v) is 9.22. The Bertz CT molecular complexity index is 1080. The second-order valence-electron chi connectivity index (χ2n) is 7.54. The lowest BCUT2D eigenvalue weighted by molar-refractivity contribution is -0.124. The highest BCUT2D eigenvalue weighted by Crippen LogP contribution is 2.53. The Kier molecular flexibility index (Phi) is 5.98. The van der Waals surface area contributed by atoms with Gasteiger partial charge in [-0.25, -0.2) is 13.1 Å². The average molecular weight is 429 g/mol. The minimum absolute atomic E-state index is 0.00336. The van der Waals surface area contributed by atoms with Crippen molar-refractivity contribution < 1.29 is 22.7 Å². The molecule has 1 aliphatic rings. The molecule has 2 aromatic rings. The summed E-state index contributed by atoms with van der Waals surface area (Å²) in [5.41, 5.74) is 0.667. The van der Waals surface area contributed by atoms with Gasteiger partial charge in [0.1, 0.15) is 12.4 Å². The van der Waals surface area contributed by atoms with Crippen LogP contribution in [-0.2, 0) is 26.2 Å². The first kappa shape index (κ1) is 21.6. The van der Waals surface area contributed by atoms with Crippen LogP contribution in [0, 0.1) is 11.3 Å². The Morgan fingerprint density at radius 2 is 1.93 bits per heavy atom. The van der Waals surface area contributed by atoms with E-state index in [0.717, 1.165) is 5.56 Å². The molecule has 7 nitrogen and oxygen atoms in total. The third kappa shape index (κ3) is 4.88. The fourth-order valence-corrected chi connectivity index (χ4v) is 4.19. The van der Waals surface area contributed by atoms with Crippen LogP contribution in [0.3, 0.4) is 0 Å². The summed E-state index contributed by atoms with van der Waals surface area (Å²) in [6.07, 6.45) is 2.27. The minimum atomic E-state index is -3.95. The van der Waals surface area contributed by atoms with Crippen molar-refractivity contribution in [2.75, 3.05) is 5.32 Å². The molecule has 30 heavy (non-hydrogen) atoms. The molecule has 0 bridgehead atoms. The summed E-state index contributed by atoms with van der Waals surface area (Å²) in [6, 6.07) is 13.1. The Balaban J connectivity index is 1.61. The number of allylic oxidation sites excluding steroid dienone is 1. The Hall–Kier alpha value is -3.13. The molecule has 1 fully saturated rings. The van der Waals surface area contributed by atoms with Gasteiger partial charge in [0.2, 0.25) is 11.8 Å². The van der Waals surface area contributed by atoms with Gasteiger partial charge in [0, 0.05) is 18.7 Å². The quantitative estimate of drug-likeness (QED) is 0.629. The Morgan fingerprint density at radius 3 is 2.53 bits per heavy atom. The molecule has 0 unspecified atom stereocenters. The van der Waals surface area contributed by atoms with Crippen molar-refractivity contribution in [3.63, 3.8) is 0 Å². The van der Waals surface area contributed by atoms with Gasteiger partial charge in [0.25, 0.3) is 10.0 Å². The van der Waals surface area contributed by atoms with Crippen molar-refractivity contribution in [2.24, 2.45) is 11.3 Å². The van der Waals surface area contributed by atoms with Gasteiger partial charge < -0.3 is 10.1 Å². The van der Waals surface area contributed by atoms with Crippen molar-refractivity contribution in [1.29, 1.82) is 0 Å². The summed E-state index contributed by atoms with van der Waals surface area (Å²) in [5, 5.41) is 2.68. The van der Waals surface area contributed by atoms with Crippen LogP contribution >= 0.6 is 0 Å². The van der Waals surface area contributed by atoms with Crippen LogP contribution in [0.4, 0.5) is 5.69 Å². The van der Waals surface area contributed by atoms with E-state index in [2.05, 4.69) is 16.6 Å². The number of sulfonamides is 1. The molecule has 3 rings (SSSR count). The molecule has 1 aliphatic carbocycles.